The molecule has 20 nitrogen and oxygen atoms in total. The van der Waals surface area contributed by atoms with Crippen LogP contribution in [0.2, 0.25) is 0 Å². The molecule has 0 unspecified atom stereocenters. The van der Waals surface area contributed by atoms with Gasteiger partial charge in [-0.05, 0) is 261 Å². The SMILES string of the molecule is [C-]#[N+]/C(C#N)=C1C=C(/C=C/c2ccc(N(C)CCOc3cc(COc4cc(COOc5ccc(C)cc5)cc(OCc5cc(OCCN(C)c6ccc(/C=C/C7=CC(=C(C#N)C#N)CC(C)(C)C7)cc6)cc(OCCN(C)c6ccc(/C=C/C7=CC(=C(C#N)C#N)CC(C)(C)C7)cc6)c5)c4)cc(OCN(C)c4ccc(/C=C/C5=CC(=C(C#N)C#N)CC(C)(C)C5)cc4)c3)cc2)CC(C)(C)C\1. The van der Waals surface area contributed by atoms with Gasteiger partial charge in [-0.15, -0.1) is 0 Å². The molecule has 8 aromatic rings. The summed E-state index contributed by atoms with van der Waals surface area (Å²) in [5.41, 5.74) is 18.9. The Labute approximate surface area is 796 Å². The smallest absolute Gasteiger partial charge is 0.265 e. The summed E-state index contributed by atoms with van der Waals surface area (Å²) in [4.78, 5) is 23.7. The van der Waals surface area contributed by atoms with E-state index in [-0.39, 0.29) is 70.6 Å². The van der Waals surface area contributed by atoms with E-state index in [4.69, 9.17) is 44.8 Å². The van der Waals surface area contributed by atoms with Gasteiger partial charge in [-0.3, -0.25) is 0 Å². The van der Waals surface area contributed by atoms with Gasteiger partial charge in [0.05, 0.1) is 32.3 Å². The first-order chi connectivity index (χ1) is 64.8. The molecule has 0 heterocycles. The molecular formula is C115H116N12O8. The number of allylic oxidation sites excluding steroid dienone is 20. The number of hydrogen-bond donors (Lipinski definition) is 0. The Kier molecular flexibility index (Phi) is 33.5. The molecule has 0 atom stereocenters. The number of aryl methyl sites for hydroxylation is 1. The summed E-state index contributed by atoms with van der Waals surface area (Å²) in [6.45, 7) is 29.9. The van der Waals surface area contributed by atoms with Crippen LogP contribution >= 0.6 is 0 Å². The summed E-state index contributed by atoms with van der Waals surface area (Å²) in [7, 11) is 8.06. The quantitative estimate of drug-likeness (QED) is 0.0115. The molecule has 0 radical (unpaired) electrons. The van der Waals surface area contributed by atoms with E-state index in [2.05, 4.69) is 251 Å². The Morgan fingerprint density at radius 3 is 0.911 bits per heavy atom. The molecule has 0 amide bonds. The van der Waals surface area contributed by atoms with Crippen molar-refractivity contribution >= 4 is 47.1 Å². The largest absolute Gasteiger partial charge is 0.492 e. The van der Waals surface area contributed by atoms with Gasteiger partial charge in [0.2, 0.25) is 0 Å². The number of ether oxygens (including phenoxy) is 6. The first-order valence-electron chi connectivity index (χ1n) is 45.3. The maximum atomic E-state index is 9.68. The molecule has 0 saturated heterocycles. The third-order valence-electron chi connectivity index (χ3n) is 23.8. The van der Waals surface area contributed by atoms with E-state index in [1.165, 1.54) is 0 Å². The van der Waals surface area contributed by atoms with Crippen molar-refractivity contribution in [2.45, 2.75) is 134 Å². The summed E-state index contributed by atoms with van der Waals surface area (Å²) in [6, 6.07) is 72.5. The van der Waals surface area contributed by atoms with Crippen molar-refractivity contribution in [1.29, 1.82) is 36.8 Å². The van der Waals surface area contributed by atoms with Gasteiger partial charge < -0.3 is 52.9 Å². The van der Waals surface area contributed by atoms with Gasteiger partial charge in [-0.2, -0.15) is 36.5 Å². The van der Waals surface area contributed by atoms with Crippen LogP contribution in [0.5, 0.6) is 40.2 Å². The lowest BCUT2D eigenvalue weighted by Crippen LogP contribution is -2.24. The molecule has 0 aromatic heterocycles. The van der Waals surface area contributed by atoms with Crippen molar-refractivity contribution in [1.82, 2.24) is 0 Å². The molecule has 4 aliphatic rings. The maximum absolute atomic E-state index is 9.68. The number of nitriles is 7. The highest BCUT2D eigenvalue weighted by Crippen LogP contribution is 2.45. The minimum atomic E-state index is -0.105. The number of nitrogens with zero attached hydrogens (tertiary/aromatic N) is 12. The van der Waals surface area contributed by atoms with Crippen molar-refractivity contribution in [3.63, 3.8) is 0 Å². The van der Waals surface area contributed by atoms with E-state index in [1.54, 1.807) is 0 Å². The van der Waals surface area contributed by atoms with Gasteiger partial charge in [-0.1, -0.05) is 195 Å². The third kappa shape index (κ3) is 29.4. The Balaban J connectivity index is 0.771. The van der Waals surface area contributed by atoms with E-state index >= 15 is 0 Å². The predicted molar refractivity (Wildman–Crippen MR) is 535 cm³/mol. The van der Waals surface area contributed by atoms with Crippen LogP contribution in [0.3, 0.4) is 0 Å². The lowest BCUT2D eigenvalue weighted by molar-refractivity contribution is -0.217. The highest BCUT2D eigenvalue weighted by molar-refractivity contribution is 5.65. The van der Waals surface area contributed by atoms with Crippen molar-refractivity contribution in [2.75, 3.05) is 94.0 Å². The lowest BCUT2D eigenvalue weighted by atomic mass is 9.74. The second kappa shape index (κ2) is 45.9. The van der Waals surface area contributed by atoms with Crippen molar-refractivity contribution in [3.8, 4) is 82.7 Å². The van der Waals surface area contributed by atoms with E-state index < -0.39 is 0 Å². The van der Waals surface area contributed by atoms with Crippen molar-refractivity contribution < 1.29 is 38.2 Å². The Morgan fingerprint density at radius 1 is 0.326 bits per heavy atom. The van der Waals surface area contributed by atoms with Gasteiger partial charge in [-0.25, -0.2) is 10.1 Å². The van der Waals surface area contributed by atoms with Crippen LogP contribution in [0.15, 0.2) is 292 Å². The van der Waals surface area contributed by atoms with Crippen LogP contribution in [-0.2, 0) is 24.7 Å². The monoisotopic (exact) mass is 1790 g/mol. The fourth-order valence-corrected chi connectivity index (χ4v) is 17.0. The molecule has 20 heteroatoms. The second-order valence-electron chi connectivity index (χ2n) is 38.1. The van der Waals surface area contributed by atoms with Crippen LogP contribution in [0.1, 0.15) is 151 Å². The van der Waals surface area contributed by atoms with Crippen LogP contribution in [0.4, 0.5) is 22.7 Å². The molecule has 0 N–H and O–H groups in total. The van der Waals surface area contributed by atoms with Gasteiger partial charge in [0.15, 0.2) is 12.5 Å². The summed E-state index contributed by atoms with van der Waals surface area (Å²) >= 11 is 0. The summed E-state index contributed by atoms with van der Waals surface area (Å²) < 4.78 is 40.1. The Hall–Kier alpha value is -15.7. The van der Waals surface area contributed by atoms with Gasteiger partial charge in [0.1, 0.15) is 127 Å². The number of rotatable bonds is 37. The molecule has 0 aliphatic heterocycles. The van der Waals surface area contributed by atoms with Crippen LogP contribution in [0, 0.1) is 114 Å². The third-order valence-corrected chi connectivity index (χ3v) is 23.8. The average molecular weight is 1790 g/mol. The first-order valence-corrected chi connectivity index (χ1v) is 45.3. The predicted octanol–water partition coefficient (Wildman–Crippen LogP) is 25.4. The van der Waals surface area contributed by atoms with Crippen LogP contribution < -0.4 is 52.9 Å². The zero-order valence-electron chi connectivity index (χ0n) is 79.5. The topological polar surface area (TPSA) is 258 Å². The van der Waals surface area contributed by atoms with E-state index in [9.17, 15) is 36.8 Å². The fraction of sp³-hybridized carbons (Fsp3) is 0.304. The number of benzene rings is 8. The Morgan fingerprint density at radius 2 is 0.607 bits per heavy atom. The molecule has 135 heavy (non-hydrogen) atoms. The molecular weight excluding hydrogens is 1680 g/mol. The molecule has 0 fully saturated rings. The molecule has 0 saturated carbocycles. The Bertz CT molecular complexity index is 6180. The zero-order chi connectivity index (χ0) is 96.2. The molecule has 12 rings (SSSR count). The second-order valence-corrected chi connectivity index (χ2v) is 38.1. The van der Waals surface area contributed by atoms with Crippen molar-refractivity contribution in [3.05, 3.63) is 347 Å². The average Bonchev–Trinajstić information content (AvgIpc) is 0.826. The normalized spacial score (nSPS) is 15.5. The number of anilines is 4. The van der Waals surface area contributed by atoms with Gasteiger partial charge in [0, 0.05) is 69.1 Å². The molecule has 684 valence electrons. The van der Waals surface area contributed by atoms with E-state index in [0.29, 0.717) is 111 Å². The van der Waals surface area contributed by atoms with Gasteiger partial charge in [0.25, 0.3) is 5.70 Å². The van der Waals surface area contributed by atoms with Gasteiger partial charge >= 0.3 is 0 Å². The molecule has 4 aliphatic carbocycles. The maximum Gasteiger partial charge on any atom is 0.265 e. The molecule has 0 bridgehead atoms. The summed E-state index contributed by atoms with van der Waals surface area (Å²) in [5.74, 6) is 3.84. The highest BCUT2D eigenvalue weighted by atomic mass is 17.2. The first kappa shape index (κ1) is 98.4. The van der Waals surface area contributed by atoms with E-state index in [1.807, 2.05) is 155 Å². The fourth-order valence-electron chi connectivity index (χ4n) is 17.0. The zero-order valence-corrected chi connectivity index (χ0v) is 79.5. The summed E-state index contributed by atoms with van der Waals surface area (Å²) in [6.07, 6.45) is 30.5. The summed E-state index contributed by atoms with van der Waals surface area (Å²) in [5, 5.41) is 67.7. The van der Waals surface area contributed by atoms with Crippen LogP contribution in [0.25, 0.3) is 29.1 Å². The number of hydrogen-bond acceptors (Lipinski definition) is 19. The van der Waals surface area contributed by atoms with E-state index in [0.717, 1.165) is 132 Å². The molecule has 0 spiro atoms. The van der Waals surface area contributed by atoms with Crippen molar-refractivity contribution in [2.24, 2.45) is 21.7 Å². The molecule has 8 aromatic carbocycles. The standard InChI is InChI=1S/C115H116N12O8/c1-81-15-41-104(42-16-81)135-134-79-92-57-108(131-77-90-53-105(128-46-43-124(11)100-33-25-82(26-34-100)17-21-86-49-93(97(70-116)71-117)66-112(2,3)62-86)59-106(54-90)129-47-44-125(12)101-35-27-83(28-36-101)18-22-87-50-94(98(72-118)73-119)67-113(4,5)63-87)61-109(58-92)132-78-91-55-107(130-48-45-126(13)102-37-29-84(30-38-102)20-24-89-52-96(111(76-122)123-10)69-115(8,9)65-89)60-110(56-91)133-80-127(14)103-39-31-85(32-40-103)19-23-88-51-95(99(74-120)75-121)68-114(6,7)64-88/h15-42,49-61H,43-48,62-69,77-80H2,1-9,11-14H3/b21-17+,22-18+,23-19+,24-20+,111-96+. The highest BCUT2D eigenvalue weighted by Gasteiger charge is 2.31. The lowest BCUT2D eigenvalue weighted by Gasteiger charge is -2.30. The number of likely N-dealkylation sites (N-methyl/N-ethyl adjacent to an activating group) is 3. The minimum absolute atomic E-state index is 0.0360. The minimum Gasteiger partial charge on any atom is -0.492 e. The van der Waals surface area contributed by atoms with Crippen LogP contribution in [-0.4, -0.2) is 74.4 Å².